The molecule has 1 aliphatic rings. The second kappa shape index (κ2) is 8.93. The maximum atomic E-state index is 12.7. The molecule has 0 N–H and O–H groups in total. The number of carbonyl (C=O) groups is 1. The van der Waals surface area contributed by atoms with Gasteiger partial charge in [0.2, 0.25) is 5.91 Å². The molecule has 0 unspecified atom stereocenters. The van der Waals surface area contributed by atoms with Crippen LogP contribution in [0.5, 0.6) is 0 Å². The van der Waals surface area contributed by atoms with Gasteiger partial charge < -0.3 is 9.80 Å². The lowest BCUT2D eigenvalue weighted by Crippen LogP contribution is -2.49. The Bertz CT molecular complexity index is 1100. The summed E-state index contributed by atoms with van der Waals surface area (Å²) < 4.78 is 0. The number of anilines is 1. The summed E-state index contributed by atoms with van der Waals surface area (Å²) in [5.41, 5.74) is 0.538. The lowest BCUT2D eigenvalue weighted by molar-refractivity contribution is -0.384. The first kappa shape index (κ1) is 20.5. The zero-order chi connectivity index (χ0) is 21.1. The summed E-state index contributed by atoms with van der Waals surface area (Å²) in [6, 6.07) is 19.1. The number of amides is 1. The number of hydrogen-bond acceptors (Lipinski definition) is 5. The predicted octanol–water partition coefficient (Wildman–Crippen LogP) is 4.84. The van der Waals surface area contributed by atoms with Gasteiger partial charge in [0.25, 0.3) is 5.69 Å². The molecule has 1 heterocycles. The molecule has 8 heteroatoms. The Labute approximate surface area is 183 Å². The van der Waals surface area contributed by atoms with Crippen molar-refractivity contribution in [2.45, 2.75) is 4.90 Å². The molecule has 154 valence electrons. The van der Waals surface area contributed by atoms with Crippen molar-refractivity contribution in [1.82, 2.24) is 4.90 Å². The average Bonchev–Trinajstić information content (AvgIpc) is 2.77. The van der Waals surface area contributed by atoms with Crippen LogP contribution in [-0.4, -0.2) is 47.7 Å². The molecule has 4 rings (SSSR count). The molecule has 0 bridgehead atoms. The van der Waals surface area contributed by atoms with Gasteiger partial charge in [-0.2, -0.15) is 0 Å². The summed E-state index contributed by atoms with van der Waals surface area (Å²) in [4.78, 5) is 28.4. The van der Waals surface area contributed by atoms with Gasteiger partial charge in [-0.15, -0.1) is 11.8 Å². The lowest BCUT2D eigenvalue weighted by Gasteiger charge is -2.35. The number of hydrogen-bond donors (Lipinski definition) is 0. The van der Waals surface area contributed by atoms with E-state index in [1.165, 1.54) is 23.2 Å². The molecule has 1 amide bonds. The number of piperazine rings is 1. The predicted molar refractivity (Wildman–Crippen MR) is 122 cm³/mol. The van der Waals surface area contributed by atoms with Crippen LogP contribution in [0.25, 0.3) is 10.8 Å². The molecule has 0 saturated carbocycles. The van der Waals surface area contributed by atoms with E-state index >= 15 is 0 Å². The van der Waals surface area contributed by atoms with Crippen LogP contribution in [0, 0.1) is 10.1 Å². The fraction of sp³-hybridized carbons (Fsp3) is 0.227. The normalized spacial score (nSPS) is 14.2. The maximum Gasteiger partial charge on any atom is 0.294 e. The lowest BCUT2D eigenvalue weighted by atomic mass is 10.1. The fourth-order valence-electron chi connectivity index (χ4n) is 3.60. The van der Waals surface area contributed by atoms with Crippen molar-refractivity contribution in [3.63, 3.8) is 0 Å². The summed E-state index contributed by atoms with van der Waals surface area (Å²) in [7, 11) is 0. The number of rotatable bonds is 5. The van der Waals surface area contributed by atoms with E-state index in [2.05, 4.69) is 24.3 Å². The minimum absolute atomic E-state index is 0.00543. The first-order valence-electron chi connectivity index (χ1n) is 9.59. The molecule has 1 aliphatic heterocycles. The van der Waals surface area contributed by atoms with Crippen molar-refractivity contribution in [3.05, 3.63) is 75.8 Å². The third kappa shape index (κ3) is 4.52. The van der Waals surface area contributed by atoms with E-state index < -0.39 is 4.92 Å². The molecule has 0 aromatic heterocycles. The Morgan fingerprint density at radius 2 is 1.73 bits per heavy atom. The molecule has 0 spiro atoms. The van der Waals surface area contributed by atoms with Crippen LogP contribution in [0.15, 0.2) is 65.6 Å². The van der Waals surface area contributed by atoms with E-state index in [0.29, 0.717) is 42.6 Å². The molecular formula is C22H20ClN3O3S. The number of fused-ring (bicyclic) bond motifs is 1. The number of nitro benzene ring substituents is 1. The van der Waals surface area contributed by atoms with Crippen LogP contribution < -0.4 is 4.90 Å². The highest BCUT2D eigenvalue weighted by atomic mass is 35.5. The highest BCUT2D eigenvalue weighted by Gasteiger charge is 2.26. The molecule has 0 radical (unpaired) electrons. The molecule has 1 saturated heterocycles. The Kier molecular flexibility index (Phi) is 6.11. The average molecular weight is 442 g/mol. The Morgan fingerprint density at radius 1 is 1.00 bits per heavy atom. The smallest absolute Gasteiger partial charge is 0.294 e. The molecule has 3 aromatic rings. The van der Waals surface area contributed by atoms with Crippen molar-refractivity contribution >= 4 is 51.4 Å². The van der Waals surface area contributed by atoms with Gasteiger partial charge in [-0.25, -0.2) is 0 Å². The molecular weight excluding hydrogens is 422 g/mol. The number of thioether (sulfide) groups is 1. The largest absolute Gasteiger partial charge is 0.362 e. The maximum absolute atomic E-state index is 12.7. The van der Waals surface area contributed by atoms with Crippen molar-refractivity contribution in [3.8, 4) is 0 Å². The minimum Gasteiger partial charge on any atom is -0.362 e. The van der Waals surface area contributed by atoms with Gasteiger partial charge in [-0.1, -0.05) is 41.9 Å². The SMILES string of the molecule is O=C(CSc1ccc2ccccc2c1)N1CCN(c2ccc(Cl)cc2[N+](=O)[O-])CC1. The monoisotopic (exact) mass is 441 g/mol. The van der Waals surface area contributed by atoms with Gasteiger partial charge in [0.05, 0.1) is 10.7 Å². The van der Waals surface area contributed by atoms with Crippen LogP contribution >= 0.6 is 23.4 Å². The number of carbonyl (C=O) groups excluding carboxylic acids is 1. The van der Waals surface area contributed by atoms with Crippen molar-refractivity contribution < 1.29 is 9.72 Å². The fourth-order valence-corrected chi connectivity index (χ4v) is 4.61. The number of nitro groups is 1. The van der Waals surface area contributed by atoms with Gasteiger partial charge in [0.15, 0.2) is 0 Å². The third-order valence-electron chi connectivity index (χ3n) is 5.19. The molecule has 1 fully saturated rings. The highest BCUT2D eigenvalue weighted by molar-refractivity contribution is 8.00. The number of halogens is 1. The van der Waals surface area contributed by atoms with E-state index in [1.54, 1.807) is 12.1 Å². The second-order valence-corrected chi connectivity index (χ2v) is 8.54. The van der Waals surface area contributed by atoms with Crippen LogP contribution in [0.1, 0.15) is 0 Å². The molecule has 0 aliphatic carbocycles. The standard InChI is InChI=1S/C22H20ClN3O3S/c23-18-6-8-20(21(14-18)26(28)29)24-9-11-25(12-10-24)22(27)15-30-19-7-5-16-3-1-2-4-17(16)13-19/h1-8,13-14H,9-12,15H2. The van der Waals surface area contributed by atoms with E-state index in [1.807, 2.05) is 28.0 Å². The zero-order valence-electron chi connectivity index (χ0n) is 16.2. The summed E-state index contributed by atoms with van der Waals surface area (Å²) in [5.74, 6) is 0.456. The molecule has 6 nitrogen and oxygen atoms in total. The summed E-state index contributed by atoms with van der Waals surface area (Å²) in [6.07, 6.45) is 0. The number of benzene rings is 3. The molecule has 0 atom stereocenters. The van der Waals surface area contributed by atoms with Crippen molar-refractivity contribution in [2.75, 3.05) is 36.8 Å². The van der Waals surface area contributed by atoms with Crippen molar-refractivity contribution in [2.24, 2.45) is 0 Å². The third-order valence-corrected chi connectivity index (χ3v) is 6.40. The second-order valence-electron chi connectivity index (χ2n) is 7.06. The molecule has 30 heavy (non-hydrogen) atoms. The van der Waals surface area contributed by atoms with E-state index in [0.717, 1.165) is 10.3 Å². The first-order valence-corrected chi connectivity index (χ1v) is 11.0. The summed E-state index contributed by atoms with van der Waals surface area (Å²) in [5, 5.41) is 14.0. The summed E-state index contributed by atoms with van der Waals surface area (Å²) >= 11 is 7.44. The van der Waals surface area contributed by atoms with Gasteiger partial charge in [-0.3, -0.25) is 14.9 Å². The topological polar surface area (TPSA) is 66.7 Å². The highest BCUT2D eigenvalue weighted by Crippen LogP contribution is 2.32. The van der Waals surface area contributed by atoms with E-state index in [9.17, 15) is 14.9 Å². The van der Waals surface area contributed by atoms with Crippen LogP contribution in [-0.2, 0) is 4.79 Å². The van der Waals surface area contributed by atoms with Crippen LogP contribution in [0.4, 0.5) is 11.4 Å². The van der Waals surface area contributed by atoms with E-state index in [-0.39, 0.29) is 11.6 Å². The van der Waals surface area contributed by atoms with Crippen LogP contribution in [0.2, 0.25) is 5.02 Å². The Balaban J connectivity index is 1.35. The molecule has 3 aromatic carbocycles. The van der Waals surface area contributed by atoms with Crippen LogP contribution in [0.3, 0.4) is 0 Å². The number of nitrogens with zero attached hydrogens (tertiary/aromatic N) is 3. The quantitative estimate of drug-likeness (QED) is 0.322. The van der Waals surface area contributed by atoms with Gasteiger partial charge >= 0.3 is 0 Å². The van der Waals surface area contributed by atoms with Crippen molar-refractivity contribution in [1.29, 1.82) is 0 Å². The first-order chi connectivity index (χ1) is 14.5. The van der Waals surface area contributed by atoms with Gasteiger partial charge in [0, 0.05) is 42.2 Å². The van der Waals surface area contributed by atoms with Gasteiger partial charge in [0.1, 0.15) is 5.69 Å². The minimum atomic E-state index is -0.418. The zero-order valence-corrected chi connectivity index (χ0v) is 17.7. The summed E-state index contributed by atoms with van der Waals surface area (Å²) in [6.45, 7) is 2.18. The van der Waals surface area contributed by atoms with Gasteiger partial charge in [-0.05, 0) is 35.0 Å². The Hall–Kier alpha value is -2.77. The Morgan fingerprint density at radius 3 is 2.47 bits per heavy atom. The van der Waals surface area contributed by atoms with E-state index in [4.69, 9.17) is 11.6 Å².